The number of rotatable bonds is 7. The molecule has 1 rings (SSSR count). The summed E-state index contributed by atoms with van der Waals surface area (Å²) in [6.45, 7) is 10.6. The van der Waals surface area contributed by atoms with Crippen LogP contribution in [0.5, 0.6) is 11.5 Å². The van der Waals surface area contributed by atoms with E-state index in [1.807, 2.05) is 18.2 Å². The summed E-state index contributed by atoms with van der Waals surface area (Å²) in [5, 5.41) is 0. The molecule has 0 bridgehead atoms. The van der Waals surface area contributed by atoms with Crippen LogP contribution in [0.15, 0.2) is 18.2 Å². The molecule has 0 saturated carbocycles. The Morgan fingerprint density at radius 1 is 0.850 bits per heavy atom. The average Bonchev–Trinajstić information content (AvgIpc) is 2.46. The lowest BCUT2D eigenvalue weighted by atomic mass is 9.90. The van der Waals surface area contributed by atoms with E-state index >= 15 is 0 Å². The van der Waals surface area contributed by atoms with Crippen molar-refractivity contribution in [2.45, 2.75) is 58.7 Å². The van der Waals surface area contributed by atoms with E-state index in [-0.39, 0.29) is 11.2 Å². The highest BCUT2D eigenvalue weighted by molar-refractivity contribution is 5.41. The van der Waals surface area contributed by atoms with E-state index in [0.717, 1.165) is 29.9 Å². The fraction of sp³-hybridized carbons (Fsp3) is 0.647. The molecule has 1 aromatic rings. The van der Waals surface area contributed by atoms with E-state index in [2.05, 4.69) is 34.6 Å². The average molecular weight is 280 g/mol. The summed E-state index contributed by atoms with van der Waals surface area (Å²) in [6, 6.07) is 5.93. The third kappa shape index (κ3) is 3.89. The minimum Gasteiger partial charge on any atom is -0.497 e. The molecule has 0 aromatic heterocycles. The van der Waals surface area contributed by atoms with Crippen molar-refractivity contribution >= 4 is 0 Å². The van der Waals surface area contributed by atoms with Crippen LogP contribution >= 0.6 is 0 Å². The lowest BCUT2D eigenvalue weighted by molar-refractivity contribution is -0.140. The molecule has 114 valence electrons. The SMILES string of the molecule is CCC(C)(C)OC(C)(CC)c1cc(OC)cc(OC)c1. The zero-order valence-electron chi connectivity index (χ0n) is 13.9. The number of benzene rings is 1. The van der Waals surface area contributed by atoms with Gasteiger partial charge in [-0.15, -0.1) is 0 Å². The van der Waals surface area contributed by atoms with Crippen molar-refractivity contribution in [1.29, 1.82) is 0 Å². The molecule has 20 heavy (non-hydrogen) atoms. The Hall–Kier alpha value is -1.22. The highest BCUT2D eigenvalue weighted by atomic mass is 16.5. The summed E-state index contributed by atoms with van der Waals surface area (Å²) in [4.78, 5) is 0. The number of ether oxygens (including phenoxy) is 3. The summed E-state index contributed by atoms with van der Waals surface area (Å²) >= 11 is 0. The predicted octanol–water partition coefficient (Wildman–Crippen LogP) is 4.53. The first-order chi connectivity index (χ1) is 9.30. The predicted molar refractivity (Wildman–Crippen MR) is 82.6 cm³/mol. The van der Waals surface area contributed by atoms with Gasteiger partial charge in [0.2, 0.25) is 0 Å². The minimum atomic E-state index is -0.360. The van der Waals surface area contributed by atoms with Gasteiger partial charge in [0.15, 0.2) is 0 Å². The molecular formula is C17H28O3. The lowest BCUT2D eigenvalue weighted by Gasteiger charge is -2.38. The summed E-state index contributed by atoms with van der Waals surface area (Å²) < 4.78 is 17.1. The van der Waals surface area contributed by atoms with E-state index in [1.165, 1.54) is 0 Å². The Bertz CT molecular complexity index is 418. The fourth-order valence-electron chi connectivity index (χ4n) is 2.13. The Labute approximate surface area is 123 Å². The Kier molecular flexibility index (Phi) is 5.46. The van der Waals surface area contributed by atoms with Crippen LogP contribution in [0.2, 0.25) is 0 Å². The van der Waals surface area contributed by atoms with Crippen molar-refractivity contribution in [3.8, 4) is 11.5 Å². The quantitative estimate of drug-likeness (QED) is 0.734. The van der Waals surface area contributed by atoms with E-state index in [0.29, 0.717) is 0 Å². The molecule has 3 heteroatoms. The van der Waals surface area contributed by atoms with E-state index in [1.54, 1.807) is 14.2 Å². The van der Waals surface area contributed by atoms with Gasteiger partial charge in [0.05, 0.1) is 25.4 Å². The van der Waals surface area contributed by atoms with Crippen molar-refractivity contribution in [3.05, 3.63) is 23.8 Å². The third-order valence-electron chi connectivity index (χ3n) is 3.99. The Morgan fingerprint density at radius 3 is 1.70 bits per heavy atom. The van der Waals surface area contributed by atoms with Gasteiger partial charge in [-0.2, -0.15) is 0 Å². The molecule has 3 nitrogen and oxygen atoms in total. The molecule has 1 unspecified atom stereocenters. The second-order valence-electron chi connectivity index (χ2n) is 5.90. The van der Waals surface area contributed by atoms with E-state index in [4.69, 9.17) is 14.2 Å². The Morgan fingerprint density at radius 2 is 1.35 bits per heavy atom. The molecule has 0 aliphatic rings. The highest BCUT2D eigenvalue weighted by Crippen LogP contribution is 2.38. The van der Waals surface area contributed by atoms with Crippen molar-refractivity contribution in [2.75, 3.05) is 14.2 Å². The van der Waals surface area contributed by atoms with Gasteiger partial charge >= 0.3 is 0 Å². The van der Waals surface area contributed by atoms with Crippen molar-refractivity contribution in [2.24, 2.45) is 0 Å². The van der Waals surface area contributed by atoms with E-state index < -0.39 is 0 Å². The second kappa shape index (κ2) is 6.49. The molecular weight excluding hydrogens is 252 g/mol. The summed E-state index contributed by atoms with van der Waals surface area (Å²) in [5.74, 6) is 1.58. The molecule has 0 spiro atoms. The molecule has 0 aliphatic carbocycles. The zero-order chi connectivity index (χ0) is 15.4. The normalized spacial score (nSPS) is 14.8. The molecule has 1 aromatic carbocycles. The first-order valence-corrected chi connectivity index (χ1v) is 7.24. The second-order valence-corrected chi connectivity index (χ2v) is 5.90. The maximum absolute atomic E-state index is 6.40. The summed E-state index contributed by atoms with van der Waals surface area (Å²) in [7, 11) is 3.33. The minimum absolute atomic E-state index is 0.166. The largest absolute Gasteiger partial charge is 0.497 e. The number of hydrogen-bond donors (Lipinski definition) is 0. The molecule has 0 saturated heterocycles. The molecule has 0 amide bonds. The van der Waals surface area contributed by atoms with Gasteiger partial charge < -0.3 is 14.2 Å². The lowest BCUT2D eigenvalue weighted by Crippen LogP contribution is -2.36. The monoisotopic (exact) mass is 280 g/mol. The summed E-state index contributed by atoms with van der Waals surface area (Å²) in [6.07, 6.45) is 1.84. The van der Waals surface area contributed by atoms with Crippen LogP contribution in [0.4, 0.5) is 0 Å². The molecule has 0 N–H and O–H groups in total. The maximum atomic E-state index is 6.40. The van der Waals surface area contributed by atoms with Crippen molar-refractivity contribution in [1.82, 2.24) is 0 Å². The maximum Gasteiger partial charge on any atom is 0.122 e. The van der Waals surface area contributed by atoms with Crippen LogP contribution in [0.25, 0.3) is 0 Å². The van der Waals surface area contributed by atoms with Crippen LogP contribution in [0, 0.1) is 0 Å². The first kappa shape index (κ1) is 16.8. The van der Waals surface area contributed by atoms with Gasteiger partial charge in [-0.1, -0.05) is 13.8 Å². The Balaban J connectivity index is 3.22. The van der Waals surface area contributed by atoms with Crippen LogP contribution in [0.1, 0.15) is 53.0 Å². The van der Waals surface area contributed by atoms with Gasteiger partial charge in [0.25, 0.3) is 0 Å². The first-order valence-electron chi connectivity index (χ1n) is 7.24. The van der Waals surface area contributed by atoms with E-state index in [9.17, 15) is 0 Å². The number of hydrogen-bond acceptors (Lipinski definition) is 3. The van der Waals surface area contributed by atoms with Crippen LogP contribution in [0.3, 0.4) is 0 Å². The highest BCUT2D eigenvalue weighted by Gasteiger charge is 2.33. The third-order valence-corrected chi connectivity index (χ3v) is 3.99. The molecule has 1 atom stereocenters. The molecule has 0 radical (unpaired) electrons. The van der Waals surface area contributed by atoms with Crippen LogP contribution in [-0.4, -0.2) is 19.8 Å². The van der Waals surface area contributed by atoms with Gasteiger partial charge in [-0.05, 0) is 51.3 Å². The van der Waals surface area contributed by atoms with Crippen molar-refractivity contribution in [3.63, 3.8) is 0 Å². The summed E-state index contributed by atoms with van der Waals surface area (Å²) in [5.41, 5.74) is 0.556. The fourth-order valence-corrected chi connectivity index (χ4v) is 2.13. The molecule has 0 heterocycles. The smallest absolute Gasteiger partial charge is 0.122 e. The van der Waals surface area contributed by atoms with Gasteiger partial charge in [-0.3, -0.25) is 0 Å². The van der Waals surface area contributed by atoms with Crippen LogP contribution in [-0.2, 0) is 10.3 Å². The number of methoxy groups -OCH3 is 2. The van der Waals surface area contributed by atoms with Gasteiger partial charge in [-0.25, -0.2) is 0 Å². The zero-order valence-corrected chi connectivity index (χ0v) is 13.9. The topological polar surface area (TPSA) is 27.7 Å². The molecule has 0 fully saturated rings. The standard InChI is InChI=1S/C17H28O3/c1-8-16(3,4)20-17(5,9-2)13-10-14(18-6)12-15(11-13)19-7/h10-12H,8-9H2,1-7H3. The molecule has 0 aliphatic heterocycles. The van der Waals surface area contributed by atoms with Crippen molar-refractivity contribution < 1.29 is 14.2 Å². The van der Waals surface area contributed by atoms with Gasteiger partial charge in [0.1, 0.15) is 11.5 Å². The van der Waals surface area contributed by atoms with Gasteiger partial charge in [0, 0.05) is 6.07 Å². The van der Waals surface area contributed by atoms with Crippen LogP contribution < -0.4 is 9.47 Å².